The number of aldehydes is 1. The van der Waals surface area contributed by atoms with Crippen LogP contribution in [0, 0.1) is 17.1 Å². The van der Waals surface area contributed by atoms with Crippen LogP contribution in [0.5, 0.6) is 5.75 Å². The van der Waals surface area contributed by atoms with Gasteiger partial charge < -0.3 is 4.74 Å². The topological polar surface area (TPSA) is 50.1 Å². The Bertz CT molecular complexity index is 741. The Balaban J connectivity index is 2.27. The quantitative estimate of drug-likeness (QED) is 0.784. The molecule has 0 aliphatic carbocycles. The minimum Gasteiger partial charge on any atom is -0.487 e. The van der Waals surface area contributed by atoms with Crippen molar-refractivity contribution < 1.29 is 13.9 Å². The van der Waals surface area contributed by atoms with E-state index in [1.807, 2.05) is 6.07 Å². The van der Waals surface area contributed by atoms with Crippen LogP contribution in [-0.4, -0.2) is 6.29 Å². The SMILES string of the molecule is N#Cc1cc(F)cc(COc2c(Cl)cc(Cl)cc2C=O)c1. The van der Waals surface area contributed by atoms with Crippen molar-refractivity contribution in [3.63, 3.8) is 0 Å². The predicted molar refractivity (Wildman–Crippen MR) is 77.3 cm³/mol. The first-order valence-electron chi connectivity index (χ1n) is 5.80. The normalized spacial score (nSPS) is 10.0. The third-order valence-electron chi connectivity index (χ3n) is 2.63. The van der Waals surface area contributed by atoms with Crippen molar-refractivity contribution in [2.24, 2.45) is 0 Å². The van der Waals surface area contributed by atoms with Gasteiger partial charge in [-0.1, -0.05) is 23.2 Å². The average Bonchev–Trinajstić information content (AvgIpc) is 2.44. The van der Waals surface area contributed by atoms with Gasteiger partial charge in [-0.05, 0) is 35.9 Å². The van der Waals surface area contributed by atoms with Gasteiger partial charge in [0.15, 0.2) is 6.29 Å². The van der Waals surface area contributed by atoms with Crippen molar-refractivity contribution in [1.82, 2.24) is 0 Å². The summed E-state index contributed by atoms with van der Waals surface area (Å²) in [7, 11) is 0. The summed E-state index contributed by atoms with van der Waals surface area (Å²) >= 11 is 11.8. The molecule has 0 aliphatic heterocycles. The molecule has 0 unspecified atom stereocenters. The Morgan fingerprint density at radius 1 is 1.24 bits per heavy atom. The fourth-order valence-corrected chi connectivity index (χ4v) is 2.34. The zero-order chi connectivity index (χ0) is 15.4. The average molecular weight is 324 g/mol. The highest BCUT2D eigenvalue weighted by molar-refractivity contribution is 6.36. The van der Waals surface area contributed by atoms with Gasteiger partial charge in [0.25, 0.3) is 0 Å². The molecular formula is C15H8Cl2FNO2. The number of carbonyl (C=O) groups excluding carboxylic acids is 1. The summed E-state index contributed by atoms with van der Waals surface area (Å²) in [6.07, 6.45) is 0.569. The summed E-state index contributed by atoms with van der Waals surface area (Å²) in [5.74, 6) is -0.371. The van der Waals surface area contributed by atoms with Crippen LogP contribution in [0.4, 0.5) is 4.39 Å². The van der Waals surface area contributed by atoms with Gasteiger partial charge in [-0.3, -0.25) is 4.79 Å². The lowest BCUT2D eigenvalue weighted by Crippen LogP contribution is -2.00. The Kier molecular flexibility index (Phi) is 4.79. The molecule has 0 saturated heterocycles. The second kappa shape index (κ2) is 6.57. The lowest BCUT2D eigenvalue weighted by atomic mass is 10.1. The zero-order valence-electron chi connectivity index (χ0n) is 10.6. The first-order valence-corrected chi connectivity index (χ1v) is 6.55. The molecule has 2 aromatic carbocycles. The Morgan fingerprint density at radius 3 is 2.67 bits per heavy atom. The van der Waals surface area contributed by atoms with Crippen LogP contribution < -0.4 is 4.74 Å². The van der Waals surface area contributed by atoms with Crippen molar-refractivity contribution in [3.8, 4) is 11.8 Å². The molecule has 0 N–H and O–H groups in total. The molecule has 106 valence electrons. The van der Waals surface area contributed by atoms with Crippen LogP contribution in [-0.2, 0) is 6.61 Å². The molecule has 0 spiro atoms. The minimum atomic E-state index is -0.537. The lowest BCUT2D eigenvalue weighted by molar-refractivity contribution is 0.111. The minimum absolute atomic E-state index is 0.0331. The summed E-state index contributed by atoms with van der Waals surface area (Å²) < 4.78 is 18.8. The van der Waals surface area contributed by atoms with E-state index in [-0.39, 0.29) is 28.5 Å². The molecule has 0 atom stereocenters. The molecule has 2 rings (SSSR count). The molecule has 0 aliphatic rings. The number of hydrogen-bond donors (Lipinski definition) is 0. The van der Waals surface area contributed by atoms with E-state index in [1.54, 1.807) is 0 Å². The summed E-state index contributed by atoms with van der Waals surface area (Å²) in [5.41, 5.74) is 0.838. The third-order valence-corrected chi connectivity index (χ3v) is 3.13. The number of nitrogens with zero attached hydrogens (tertiary/aromatic N) is 1. The van der Waals surface area contributed by atoms with Crippen LogP contribution in [0.1, 0.15) is 21.5 Å². The second-order valence-electron chi connectivity index (χ2n) is 4.17. The maximum absolute atomic E-state index is 13.3. The van der Waals surface area contributed by atoms with E-state index < -0.39 is 5.82 Å². The highest BCUT2D eigenvalue weighted by atomic mass is 35.5. The summed E-state index contributed by atoms with van der Waals surface area (Å²) in [6.45, 7) is -0.0331. The maximum Gasteiger partial charge on any atom is 0.153 e. The van der Waals surface area contributed by atoms with E-state index in [0.717, 1.165) is 6.07 Å². The standard InChI is InChI=1S/C15H8Cl2FNO2/c16-12-4-11(7-20)15(14(17)5-12)21-8-10-1-9(6-19)2-13(18)3-10/h1-5,7H,8H2. The van der Waals surface area contributed by atoms with E-state index in [1.165, 1.54) is 24.3 Å². The number of benzene rings is 2. The van der Waals surface area contributed by atoms with Gasteiger partial charge in [-0.15, -0.1) is 0 Å². The lowest BCUT2D eigenvalue weighted by Gasteiger charge is -2.11. The number of rotatable bonds is 4. The third kappa shape index (κ3) is 3.72. The number of hydrogen-bond acceptors (Lipinski definition) is 3. The van der Waals surface area contributed by atoms with Crippen molar-refractivity contribution in [3.05, 3.63) is 62.9 Å². The van der Waals surface area contributed by atoms with Gasteiger partial charge >= 0.3 is 0 Å². The fourth-order valence-electron chi connectivity index (χ4n) is 1.77. The fraction of sp³-hybridized carbons (Fsp3) is 0.0667. The molecule has 0 fully saturated rings. The van der Waals surface area contributed by atoms with Gasteiger partial charge in [0.2, 0.25) is 0 Å². The van der Waals surface area contributed by atoms with Gasteiger partial charge in [0.05, 0.1) is 22.2 Å². The van der Waals surface area contributed by atoms with Crippen molar-refractivity contribution in [2.75, 3.05) is 0 Å². The van der Waals surface area contributed by atoms with Crippen LogP contribution in [0.2, 0.25) is 10.0 Å². The van der Waals surface area contributed by atoms with Crippen molar-refractivity contribution >= 4 is 29.5 Å². The van der Waals surface area contributed by atoms with Crippen LogP contribution >= 0.6 is 23.2 Å². The number of nitriles is 1. The largest absolute Gasteiger partial charge is 0.487 e. The van der Waals surface area contributed by atoms with Crippen LogP contribution in [0.15, 0.2) is 30.3 Å². The Labute approximate surface area is 130 Å². The molecule has 0 bridgehead atoms. The van der Waals surface area contributed by atoms with E-state index in [4.69, 9.17) is 33.2 Å². The number of halogens is 3. The molecule has 6 heteroatoms. The summed E-state index contributed by atoms with van der Waals surface area (Å²) in [5, 5.41) is 9.28. The predicted octanol–water partition coefficient (Wildman–Crippen LogP) is 4.40. The van der Waals surface area contributed by atoms with E-state index >= 15 is 0 Å². The van der Waals surface area contributed by atoms with Crippen LogP contribution in [0.25, 0.3) is 0 Å². The monoisotopic (exact) mass is 323 g/mol. The van der Waals surface area contributed by atoms with Crippen molar-refractivity contribution in [1.29, 1.82) is 5.26 Å². The first-order chi connectivity index (χ1) is 10.0. The van der Waals surface area contributed by atoms with E-state index in [9.17, 15) is 9.18 Å². The Hall–Kier alpha value is -2.09. The van der Waals surface area contributed by atoms with Gasteiger partial charge in [0.1, 0.15) is 18.2 Å². The number of ether oxygens (including phenoxy) is 1. The molecular weight excluding hydrogens is 316 g/mol. The number of carbonyl (C=O) groups is 1. The second-order valence-corrected chi connectivity index (χ2v) is 5.02. The molecule has 0 heterocycles. The highest BCUT2D eigenvalue weighted by Crippen LogP contribution is 2.32. The van der Waals surface area contributed by atoms with E-state index in [0.29, 0.717) is 16.9 Å². The molecule has 21 heavy (non-hydrogen) atoms. The molecule has 2 aromatic rings. The maximum atomic E-state index is 13.3. The van der Waals surface area contributed by atoms with Gasteiger partial charge in [-0.2, -0.15) is 5.26 Å². The smallest absolute Gasteiger partial charge is 0.153 e. The van der Waals surface area contributed by atoms with Gasteiger partial charge in [0, 0.05) is 5.02 Å². The van der Waals surface area contributed by atoms with Gasteiger partial charge in [-0.25, -0.2) is 4.39 Å². The van der Waals surface area contributed by atoms with Crippen LogP contribution in [0.3, 0.4) is 0 Å². The highest BCUT2D eigenvalue weighted by Gasteiger charge is 2.11. The zero-order valence-corrected chi connectivity index (χ0v) is 12.1. The van der Waals surface area contributed by atoms with Crippen molar-refractivity contribution in [2.45, 2.75) is 6.61 Å². The first kappa shape index (κ1) is 15.3. The Morgan fingerprint density at radius 2 is 2.00 bits per heavy atom. The molecule has 0 saturated carbocycles. The molecule has 0 aromatic heterocycles. The van der Waals surface area contributed by atoms with E-state index in [2.05, 4.69) is 0 Å². The molecule has 0 amide bonds. The molecule has 0 radical (unpaired) electrons. The molecule has 3 nitrogen and oxygen atoms in total. The summed E-state index contributed by atoms with van der Waals surface area (Å²) in [6, 6.07) is 8.57. The summed E-state index contributed by atoms with van der Waals surface area (Å²) in [4.78, 5) is 11.0.